The minimum Gasteiger partial charge on any atom is -0.326 e. The van der Waals surface area contributed by atoms with E-state index in [2.05, 4.69) is 10.6 Å². The highest BCUT2D eigenvalue weighted by Gasteiger charge is 2.21. The molecule has 0 unspecified atom stereocenters. The van der Waals surface area contributed by atoms with Gasteiger partial charge in [0.1, 0.15) is 0 Å². The van der Waals surface area contributed by atoms with Crippen molar-refractivity contribution in [3.05, 3.63) is 24.3 Å². The molecule has 0 aromatic heterocycles. The van der Waals surface area contributed by atoms with Gasteiger partial charge in [-0.3, -0.25) is 9.59 Å². The Hall–Kier alpha value is -2.00. The van der Waals surface area contributed by atoms with E-state index in [4.69, 9.17) is 5.26 Å². The lowest BCUT2D eigenvalue weighted by Crippen LogP contribution is -2.27. The first-order chi connectivity index (χ1) is 9.82. The number of nitrogens with one attached hydrogen (secondary N) is 2. The van der Waals surface area contributed by atoms with E-state index in [9.17, 15) is 9.59 Å². The Morgan fingerprint density at radius 2 is 1.86 bits per heavy atom. The number of hydrogen-bond donors (Lipinski definition) is 2. The summed E-state index contributed by atoms with van der Waals surface area (Å²) in [4.78, 5) is 23.6. The summed E-state index contributed by atoms with van der Waals surface area (Å²) in [5.41, 5.74) is 0.773. The molecule has 0 atom stereocenters. The molecule has 0 saturated heterocycles. The normalized spacial score (nSPS) is 10.6. The van der Waals surface area contributed by atoms with Crippen molar-refractivity contribution in [2.24, 2.45) is 5.41 Å². The SMILES string of the molecule is CC(C)(C)C(=O)Nc1cccc(NC(=O)CSCC#N)c1. The summed E-state index contributed by atoms with van der Waals surface area (Å²) in [7, 11) is 0. The van der Waals surface area contributed by atoms with Gasteiger partial charge < -0.3 is 10.6 Å². The molecule has 0 heterocycles. The number of carbonyl (C=O) groups excluding carboxylic acids is 2. The van der Waals surface area contributed by atoms with Crippen molar-refractivity contribution < 1.29 is 9.59 Å². The molecule has 2 amide bonds. The third kappa shape index (κ3) is 6.32. The van der Waals surface area contributed by atoms with Gasteiger partial charge in [0, 0.05) is 16.8 Å². The topological polar surface area (TPSA) is 82.0 Å². The lowest BCUT2D eigenvalue weighted by molar-refractivity contribution is -0.123. The fourth-order valence-electron chi connectivity index (χ4n) is 1.38. The number of thioether (sulfide) groups is 1. The molecule has 0 bridgehead atoms. The van der Waals surface area contributed by atoms with Crippen LogP contribution in [0.3, 0.4) is 0 Å². The highest BCUT2D eigenvalue weighted by Crippen LogP contribution is 2.20. The van der Waals surface area contributed by atoms with Crippen molar-refractivity contribution in [2.45, 2.75) is 20.8 Å². The molecule has 6 heteroatoms. The van der Waals surface area contributed by atoms with E-state index in [1.807, 2.05) is 26.8 Å². The predicted octanol–water partition coefficient (Wildman–Crippen LogP) is 2.87. The van der Waals surface area contributed by atoms with Crippen LogP contribution in [0.25, 0.3) is 0 Å². The van der Waals surface area contributed by atoms with E-state index >= 15 is 0 Å². The van der Waals surface area contributed by atoms with Crippen LogP contribution in [0.5, 0.6) is 0 Å². The molecule has 1 aromatic carbocycles. The van der Waals surface area contributed by atoms with Crippen molar-refractivity contribution in [3.8, 4) is 6.07 Å². The first kappa shape index (κ1) is 17.1. The average molecular weight is 305 g/mol. The van der Waals surface area contributed by atoms with E-state index < -0.39 is 5.41 Å². The van der Waals surface area contributed by atoms with E-state index in [-0.39, 0.29) is 23.3 Å². The van der Waals surface area contributed by atoms with Crippen molar-refractivity contribution >= 4 is 35.0 Å². The third-order valence-electron chi connectivity index (χ3n) is 2.49. The number of rotatable bonds is 5. The van der Waals surface area contributed by atoms with Gasteiger partial charge in [0.05, 0.1) is 17.6 Å². The third-order valence-corrected chi connectivity index (χ3v) is 3.28. The number of hydrogen-bond acceptors (Lipinski definition) is 4. The number of amides is 2. The number of benzene rings is 1. The summed E-state index contributed by atoms with van der Waals surface area (Å²) in [5.74, 6) is 0.256. The van der Waals surface area contributed by atoms with Gasteiger partial charge in [-0.2, -0.15) is 5.26 Å². The Bertz CT molecular complexity index is 559. The largest absolute Gasteiger partial charge is 0.326 e. The Labute approximate surface area is 129 Å². The van der Waals surface area contributed by atoms with Gasteiger partial charge in [-0.1, -0.05) is 26.8 Å². The average Bonchev–Trinajstić information content (AvgIpc) is 2.38. The fraction of sp³-hybridized carbons (Fsp3) is 0.400. The molecule has 0 saturated carbocycles. The van der Waals surface area contributed by atoms with Crippen molar-refractivity contribution in [2.75, 3.05) is 22.1 Å². The summed E-state index contributed by atoms with van der Waals surface area (Å²) in [6.07, 6.45) is 0. The second-order valence-corrected chi connectivity index (χ2v) is 6.47. The van der Waals surface area contributed by atoms with Gasteiger partial charge in [0.15, 0.2) is 0 Å². The van der Waals surface area contributed by atoms with Crippen LogP contribution >= 0.6 is 11.8 Å². The standard InChI is InChI=1S/C15H19N3O2S/c1-15(2,3)14(20)18-12-6-4-5-11(9-12)17-13(19)10-21-8-7-16/h4-6,9H,8,10H2,1-3H3,(H,17,19)(H,18,20). The van der Waals surface area contributed by atoms with Crippen molar-refractivity contribution in [1.82, 2.24) is 0 Å². The fourth-order valence-corrected chi connectivity index (χ4v) is 1.83. The number of carbonyl (C=O) groups is 2. The molecular formula is C15H19N3O2S. The van der Waals surface area contributed by atoms with Crippen LogP contribution in [-0.2, 0) is 9.59 Å². The minimum atomic E-state index is -0.479. The molecule has 1 rings (SSSR count). The van der Waals surface area contributed by atoms with E-state index in [1.54, 1.807) is 24.3 Å². The molecule has 1 aromatic rings. The summed E-state index contributed by atoms with van der Waals surface area (Å²) >= 11 is 1.26. The number of nitrogens with zero attached hydrogens (tertiary/aromatic N) is 1. The molecule has 0 radical (unpaired) electrons. The molecule has 0 fully saturated rings. The second kappa shape index (κ2) is 7.70. The van der Waals surface area contributed by atoms with Gasteiger partial charge in [-0.25, -0.2) is 0 Å². The maximum Gasteiger partial charge on any atom is 0.234 e. The van der Waals surface area contributed by atoms with Crippen LogP contribution in [0.1, 0.15) is 20.8 Å². The molecule has 2 N–H and O–H groups in total. The maximum absolute atomic E-state index is 11.9. The monoisotopic (exact) mass is 305 g/mol. The Morgan fingerprint density at radius 3 is 2.43 bits per heavy atom. The molecule has 112 valence electrons. The van der Waals surface area contributed by atoms with Gasteiger partial charge in [0.2, 0.25) is 11.8 Å². The highest BCUT2D eigenvalue weighted by atomic mass is 32.2. The highest BCUT2D eigenvalue weighted by molar-refractivity contribution is 8.00. The number of anilines is 2. The molecule has 21 heavy (non-hydrogen) atoms. The predicted molar refractivity (Wildman–Crippen MR) is 86.1 cm³/mol. The summed E-state index contributed by atoms with van der Waals surface area (Å²) < 4.78 is 0. The molecule has 0 aliphatic heterocycles. The Kier molecular flexibility index (Phi) is 6.25. The van der Waals surface area contributed by atoms with Crippen LogP contribution in [0.4, 0.5) is 11.4 Å². The quantitative estimate of drug-likeness (QED) is 0.820. The smallest absolute Gasteiger partial charge is 0.234 e. The van der Waals surface area contributed by atoms with Gasteiger partial charge in [-0.15, -0.1) is 11.8 Å². The molecule has 0 aliphatic rings. The van der Waals surface area contributed by atoms with Crippen LogP contribution < -0.4 is 10.6 Å². The Balaban J connectivity index is 2.63. The zero-order valence-electron chi connectivity index (χ0n) is 12.4. The zero-order valence-corrected chi connectivity index (χ0v) is 13.2. The van der Waals surface area contributed by atoms with Crippen molar-refractivity contribution in [3.63, 3.8) is 0 Å². The lowest BCUT2D eigenvalue weighted by Gasteiger charge is -2.18. The molecule has 5 nitrogen and oxygen atoms in total. The number of nitriles is 1. The zero-order chi connectivity index (χ0) is 15.9. The van der Waals surface area contributed by atoms with Crippen LogP contribution in [0.2, 0.25) is 0 Å². The molecule has 0 aliphatic carbocycles. The minimum absolute atomic E-state index is 0.0875. The Morgan fingerprint density at radius 1 is 1.24 bits per heavy atom. The summed E-state index contributed by atoms with van der Waals surface area (Å²) in [5, 5.41) is 14.0. The van der Waals surface area contributed by atoms with Gasteiger partial charge in [0.25, 0.3) is 0 Å². The maximum atomic E-state index is 11.9. The molecule has 0 spiro atoms. The van der Waals surface area contributed by atoms with Crippen molar-refractivity contribution in [1.29, 1.82) is 5.26 Å². The van der Waals surface area contributed by atoms with Gasteiger partial charge >= 0.3 is 0 Å². The summed E-state index contributed by atoms with van der Waals surface area (Å²) in [6.45, 7) is 5.50. The second-order valence-electron chi connectivity index (χ2n) is 5.48. The van der Waals surface area contributed by atoms with E-state index in [0.717, 1.165) is 0 Å². The molecular weight excluding hydrogens is 286 g/mol. The first-order valence-corrected chi connectivity index (χ1v) is 7.64. The van der Waals surface area contributed by atoms with E-state index in [1.165, 1.54) is 11.8 Å². The van der Waals surface area contributed by atoms with Crippen LogP contribution in [0.15, 0.2) is 24.3 Å². The summed E-state index contributed by atoms with van der Waals surface area (Å²) in [6, 6.07) is 8.95. The lowest BCUT2D eigenvalue weighted by atomic mass is 9.95. The van der Waals surface area contributed by atoms with E-state index in [0.29, 0.717) is 11.4 Å². The first-order valence-electron chi connectivity index (χ1n) is 6.49. The van der Waals surface area contributed by atoms with Crippen LogP contribution in [0, 0.1) is 16.7 Å². The van der Waals surface area contributed by atoms with Crippen LogP contribution in [-0.4, -0.2) is 23.3 Å². The van der Waals surface area contributed by atoms with Gasteiger partial charge in [-0.05, 0) is 18.2 Å².